The molecular weight excluding hydrogens is 616 g/mol. The fourth-order valence-corrected chi connectivity index (χ4v) is 8.24. The lowest BCUT2D eigenvalue weighted by molar-refractivity contribution is -0.183. The molecule has 0 radical (unpaired) electrons. The molecule has 2 aromatic carbocycles. The molecule has 48 heavy (non-hydrogen) atoms. The van der Waals surface area contributed by atoms with E-state index in [1.54, 1.807) is 31.2 Å². The van der Waals surface area contributed by atoms with Crippen molar-refractivity contribution in [1.29, 1.82) is 0 Å². The van der Waals surface area contributed by atoms with Crippen molar-refractivity contribution in [2.45, 2.75) is 71.4 Å². The van der Waals surface area contributed by atoms with Gasteiger partial charge < -0.3 is 35.6 Å². The number of methoxy groups -OCH3 is 1. The molecule has 1 heterocycles. The summed E-state index contributed by atoms with van der Waals surface area (Å²) >= 11 is 0. The molecule has 6 rings (SSSR count). The summed E-state index contributed by atoms with van der Waals surface area (Å²) in [5.41, 5.74) is 3.31. The number of nitrogens with zero attached hydrogens (tertiary/aromatic N) is 2. The highest BCUT2D eigenvalue weighted by atomic mass is 16.7. The SMILES string of the molecule is COc1c(CN2O[C@@H](CO)[C@H]([C@H](C)O)[C@H]2C(=O)N[C@H]2C[C@H]3C[C@@H]([C@@H]2C)C3(C)C)cccc1-c1cc(C(=O)NCC(=O)O)cc(N(C)C)c1. The zero-order chi connectivity index (χ0) is 35.1. The summed E-state index contributed by atoms with van der Waals surface area (Å²) < 4.78 is 5.94. The number of nitrogens with one attached hydrogen (secondary N) is 2. The minimum absolute atomic E-state index is 0.0164. The molecule has 1 saturated heterocycles. The van der Waals surface area contributed by atoms with E-state index in [2.05, 4.69) is 31.4 Å². The van der Waals surface area contributed by atoms with Gasteiger partial charge in [0.25, 0.3) is 5.91 Å². The molecular formula is C36H50N4O8. The van der Waals surface area contributed by atoms with Crippen LogP contribution >= 0.6 is 0 Å². The number of rotatable bonds is 12. The van der Waals surface area contributed by atoms with Gasteiger partial charge in [-0.2, -0.15) is 5.06 Å². The van der Waals surface area contributed by atoms with Gasteiger partial charge in [0.1, 0.15) is 24.4 Å². The molecule has 12 heteroatoms. The minimum Gasteiger partial charge on any atom is -0.496 e. The van der Waals surface area contributed by atoms with Crippen LogP contribution in [0.15, 0.2) is 36.4 Å². The van der Waals surface area contributed by atoms with Crippen molar-refractivity contribution in [3.05, 3.63) is 47.5 Å². The number of hydrogen-bond acceptors (Lipinski definition) is 9. The highest BCUT2D eigenvalue weighted by Gasteiger charge is 2.57. The van der Waals surface area contributed by atoms with Crippen LogP contribution in [0.4, 0.5) is 5.69 Å². The maximum Gasteiger partial charge on any atom is 0.322 e. The summed E-state index contributed by atoms with van der Waals surface area (Å²) in [6.45, 7) is 7.70. The fourth-order valence-electron chi connectivity index (χ4n) is 8.24. The van der Waals surface area contributed by atoms with E-state index in [1.807, 2.05) is 43.3 Å². The molecule has 0 aromatic heterocycles. The largest absolute Gasteiger partial charge is 0.496 e. The standard InChI is InChI=1S/C36H50N4O8/c1-19-27-14-24(36(27,3)4)15-28(19)38-35(46)32-31(20(2)42)29(18-41)48-40(32)17-21-9-8-10-26(33(21)47-7)22-11-23(13-25(12-22)39(5)6)34(45)37-16-30(43)44/h8-13,19-20,24,27-29,31-32,41-42H,14-18H2,1-7H3,(H,37,45)(H,38,46)(H,43,44)/t19-,20-,24+,27-,28-,29-,31-,32-/m0/s1. The van der Waals surface area contributed by atoms with E-state index >= 15 is 0 Å². The van der Waals surface area contributed by atoms with Gasteiger partial charge in [-0.1, -0.05) is 39.0 Å². The summed E-state index contributed by atoms with van der Waals surface area (Å²) in [4.78, 5) is 46.1. The van der Waals surface area contributed by atoms with E-state index in [0.717, 1.165) is 12.1 Å². The maximum atomic E-state index is 14.1. The van der Waals surface area contributed by atoms with Crippen LogP contribution in [-0.4, -0.2) is 96.8 Å². The third kappa shape index (κ3) is 6.76. The molecule has 0 unspecified atom stereocenters. The van der Waals surface area contributed by atoms with E-state index in [-0.39, 0.29) is 36.1 Å². The van der Waals surface area contributed by atoms with Crippen LogP contribution < -0.4 is 20.3 Å². The van der Waals surface area contributed by atoms with Crippen LogP contribution in [0, 0.1) is 29.1 Å². The number of fused-ring (bicyclic) bond motifs is 2. The topological polar surface area (TPSA) is 161 Å². The molecule has 2 amide bonds. The highest BCUT2D eigenvalue weighted by molar-refractivity contribution is 5.98. The van der Waals surface area contributed by atoms with Crippen LogP contribution in [0.2, 0.25) is 0 Å². The lowest BCUT2D eigenvalue weighted by Gasteiger charge is -2.62. The number of carboxylic acid groups (broad SMARTS) is 1. The van der Waals surface area contributed by atoms with Crippen LogP contribution in [-0.2, 0) is 21.0 Å². The van der Waals surface area contributed by atoms with Crippen molar-refractivity contribution in [3.63, 3.8) is 0 Å². The Hall–Kier alpha value is -3.71. The Morgan fingerprint density at radius 2 is 1.90 bits per heavy atom. The number of hydroxylamine groups is 2. The van der Waals surface area contributed by atoms with Crippen molar-refractivity contribution < 1.29 is 39.3 Å². The number of hydrogen-bond donors (Lipinski definition) is 5. The summed E-state index contributed by atoms with van der Waals surface area (Å²) in [5.74, 6) is -0.670. The second-order valence-corrected chi connectivity index (χ2v) is 14.5. The number of aliphatic carboxylic acids is 1. The van der Waals surface area contributed by atoms with Gasteiger partial charge in [0.15, 0.2) is 0 Å². The number of carbonyl (C=O) groups is 3. The van der Waals surface area contributed by atoms with Crippen molar-refractivity contribution in [1.82, 2.24) is 15.7 Å². The predicted octanol–water partition coefficient (Wildman–Crippen LogP) is 2.90. The first-order chi connectivity index (χ1) is 22.7. The summed E-state index contributed by atoms with van der Waals surface area (Å²) in [6.07, 6.45) is 0.385. The molecule has 2 aromatic rings. The van der Waals surface area contributed by atoms with Crippen molar-refractivity contribution in [2.75, 3.05) is 39.3 Å². The fraction of sp³-hybridized carbons (Fsp3) is 0.583. The summed E-state index contributed by atoms with van der Waals surface area (Å²) in [7, 11) is 5.23. The van der Waals surface area contributed by atoms with Gasteiger partial charge in [0.2, 0.25) is 5.91 Å². The van der Waals surface area contributed by atoms with E-state index in [1.165, 1.54) is 6.42 Å². The molecule has 5 N–H and O–H groups in total. The van der Waals surface area contributed by atoms with E-state index in [0.29, 0.717) is 40.2 Å². The molecule has 8 atom stereocenters. The lowest BCUT2D eigenvalue weighted by Crippen LogP contribution is -2.62. The lowest BCUT2D eigenvalue weighted by atomic mass is 9.45. The Morgan fingerprint density at radius 1 is 1.17 bits per heavy atom. The number of aliphatic hydroxyl groups excluding tert-OH is 2. The summed E-state index contributed by atoms with van der Waals surface area (Å²) in [6, 6.07) is 9.98. The quantitative estimate of drug-likeness (QED) is 0.228. The Balaban J connectivity index is 1.46. The molecule has 3 aliphatic carbocycles. The third-order valence-corrected chi connectivity index (χ3v) is 11.1. The predicted molar refractivity (Wildman–Crippen MR) is 180 cm³/mol. The average molecular weight is 667 g/mol. The number of carbonyl (C=O) groups excluding carboxylic acids is 2. The normalized spacial score (nSPS) is 28.2. The van der Waals surface area contributed by atoms with Gasteiger partial charge in [-0.05, 0) is 66.7 Å². The Labute approximate surface area is 282 Å². The first-order valence-corrected chi connectivity index (χ1v) is 16.7. The third-order valence-electron chi connectivity index (χ3n) is 11.1. The van der Waals surface area contributed by atoms with Gasteiger partial charge in [0.05, 0.1) is 26.4 Å². The van der Waals surface area contributed by atoms with E-state index in [9.17, 15) is 24.6 Å². The van der Waals surface area contributed by atoms with Gasteiger partial charge in [-0.15, -0.1) is 0 Å². The second-order valence-electron chi connectivity index (χ2n) is 14.5. The Bertz CT molecular complexity index is 1530. The summed E-state index contributed by atoms with van der Waals surface area (Å²) in [5, 5.41) is 37.4. The van der Waals surface area contributed by atoms with Gasteiger partial charge in [-0.25, -0.2) is 0 Å². The molecule has 4 fully saturated rings. The number of amides is 2. The molecule has 1 aliphatic heterocycles. The van der Waals surface area contributed by atoms with E-state index < -0.39 is 42.6 Å². The highest BCUT2D eigenvalue weighted by Crippen LogP contribution is 2.61. The van der Waals surface area contributed by atoms with Crippen LogP contribution in [0.1, 0.15) is 56.5 Å². The van der Waals surface area contributed by atoms with Crippen LogP contribution in [0.5, 0.6) is 5.75 Å². The molecule has 4 aliphatic rings. The smallest absolute Gasteiger partial charge is 0.322 e. The first-order valence-electron chi connectivity index (χ1n) is 16.7. The van der Waals surface area contributed by atoms with Crippen molar-refractivity contribution in [3.8, 4) is 16.9 Å². The van der Waals surface area contributed by atoms with Crippen molar-refractivity contribution in [2.24, 2.45) is 29.1 Å². The zero-order valence-electron chi connectivity index (χ0n) is 28.9. The zero-order valence-corrected chi connectivity index (χ0v) is 28.9. The van der Waals surface area contributed by atoms with Gasteiger partial charge in [-0.3, -0.25) is 19.2 Å². The number of benzene rings is 2. The average Bonchev–Trinajstić information content (AvgIpc) is 3.42. The molecule has 0 spiro atoms. The molecule has 2 bridgehead atoms. The van der Waals surface area contributed by atoms with Crippen LogP contribution in [0.3, 0.4) is 0 Å². The second kappa shape index (κ2) is 14.0. The number of ether oxygens (including phenoxy) is 1. The number of carboxylic acids is 1. The van der Waals surface area contributed by atoms with Gasteiger partial charge >= 0.3 is 5.97 Å². The number of anilines is 1. The Morgan fingerprint density at radius 3 is 2.48 bits per heavy atom. The first kappa shape index (κ1) is 35.6. The maximum absolute atomic E-state index is 14.1. The van der Waals surface area contributed by atoms with Crippen LogP contribution in [0.25, 0.3) is 11.1 Å². The van der Waals surface area contributed by atoms with E-state index in [4.69, 9.17) is 14.7 Å². The number of para-hydroxylation sites is 1. The van der Waals surface area contributed by atoms with Gasteiger partial charge in [0, 0.05) is 48.4 Å². The molecule has 262 valence electrons. The molecule has 12 nitrogen and oxygen atoms in total. The van der Waals surface area contributed by atoms with Crippen molar-refractivity contribution >= 4 is 23.5 Å². The number of aliphatic hydroxyl groups is 2. The minimum atomic E-state index is -1.15. The monoisotopic (exact) mass is 666 g/mol. The molecule has 3 saturated carbocycles. The Kier molecular flexibility index (Phi) is 10.4.